The Bertz CT molecular complexity index is 494. The van der Waals surface area contributed by atoms with Gasteiger partial charge >= 0.3 is 12.1 Å². The molecule has 1 atom stereocenters. The van der Waals surface area contributed by atoms with Gasteiger partial charge in [-0.15, -0.1) is 0 Å². The lowest BCUT2D eigenvalue weighted by molar-refractivity contribution is -0.129. The van der Waals surface area contributed by atoms with Crippen molar-refractivity contribution in [3.8, 4) is 0 Å². The minimum Gasteiger partial charge on any atom is -0.476 e. The minimum absolute atomic E-state index is 0.183. The van der Waals surface area contributed by atoms with Crippen LogP contribution in [0.25, 0.3) is 0 Å². The summed E-state index contributed by atoms with van der Waals surface area (Å²) in [6.45, 7) is 7.98. The van der Waals surface area contributed by atoms with Crippen molar-refractivity contribution in [2.75, 3.05) is 13.1 Å². The fraction of sp³-hybridized carbons (Fsp3) is 0.714. The molecule has 0 aromatic carbocycles. The third-order valence-corrected chi connectivity index (χ3v) is 3.10. The van der Waals surface area contributed by atoms with Gasteiger partial charge in [-0.3, -0.25) is 4.99 Å². The normalized spacial score (nSPS) is 20.7. The zero-order chi connectivity index (χ0) is 16.9. The van der Waals surface area contributed by atoms with Crippen LogP contribution in [0, 0.1) is 0 Å². The molecule has 0 aromatic heterocycles. The quantitative estimate of drug-likeness (QED) is 0.462. The Morgan fingerprint density at radius 1 is 1.36 bits per heavy atom. The first-order valence-electron chi connectivity index (χ1n) is 7.18. The van der Waals surface area contributed by atoms with Gasteiger partial charge in [0.15, 0.2) is 5.71 Å². The highest BCUT2D eigenvalue weighted by atomic mass is 16.6. The van der Waals surface area contributed by atoms with E-state index in [1.165, 1.54) is 0 Å². The van der Waals surface area contributed by atoms with Gasteiger partial charge in [-0.25, -0.2) is 9.59 Å². The highest BCUT2D eigenvalue weighted by Gasteiger charge is 2.28. The number of nitrogens with zero attached hydrogens (tertiary/aromatic N) is 3. The number of likely N-dealkylation sites (tertiary alicyclic amines) is 1. The summed E-state index contributed by atoms with van der Waals surface area (Å²) >= 11 is 0. The maximum Gasteiger partial charge on any atom is 0.410 e. The van der Waals surface area contributed by atoms with Gasteiger partial charge < -0.3 is 20.6 Å². The summed E-state index contributed by atoms with van der Waals surface area (Å²) in [5.41, 5.74) is -0.563. The molecule has 0 spiro atoms. The number of piperidine rings is 1. The molecule has 1 rings (SSSR count). The zero-order valence-electron chi connectivity index (χ0n) is 13.5. The first-order chi connectivity index (χ1) is 10.1. The van der Waals surface area contributed by atoms with Crippen molar-refractivity contribution in [2.24, 2.45) is 15.9 Å². The maximum absolute atomic E-state index is 12.1. The molecule has 0 radical (unpaired) electrons. The fourth-order valence-electron chi connectivity index (χ4n) is 2.19. The largest absolute Gasteiger partial charge is 0.476 e. The lowest BCUT2D eigenvalue weighted by Gasteiger charge is -2.32. The molecule has 124 valence electrons. The molecular formula is C14H24N4O4. The Morgan fingerprint density at radius 2 is 2.00 bits per heavy atom. The number of aliphatic imine (C=N–C) groups is 1. The topological polar surface area (TPSA) is 118 Å². The highest BCUT2D eigenvalue weighted by Crippen LogP contribution is 2.17. The van der Waals surface area contributed by atoms with Gasteiger partial charge in [0.1, 0.15) is 5.60 Å². The monoisotopic (exact) mass is 312 g/mol. The van der Waals surface area contributed by atoms with Crippen molar-refractivity contribution in [2.45, 2.75) is 52.2 Å². The number of carboxylic acid groups (broad SMARTS) is 1. The second-order valence-electron chi connectivity index (χ2n) is 6.22. The van der Waals surface area contributed by atoms with Crippen LogP contribution >= 0.6 is 0 Å². The highest BCUT2D eigenvalue weighted by molar-refractivity contribution is 6.64. The number of rotatable bonds is 3. The summed E-state index contributed by atoms with van der Waals surface area (Å²) in [6.07, 6.45) is 1.17. The molecule has 1 aliphatic rings. The number of carboxylic acids is 1. The van der Waals surface area contributed by atoms with Gasteiger partial charge in [-0.2, -0.15) is 5.10 Å². The van der Waals surface area contributed by atoms with Gasteiger partial charge in [-0.05, 0) is 40.5 Å². The third kappa shape index (κ3) is 5.34. The molecule has 0 aliphatic carbocycles. The first-order valence-corrected chi connectivity index (χ1v) is 7.18. The van der Waals surface area contributed by atoms with E-state index in [0.29, 0.717) is 13.1 Å². The smallest absolute Gasteiger partial charge is 0.410 e. The predicted molar refractivity (Wildman–Crippen MR) is 83.2 cm³/mol. The van der Waals surface area contributed by atoms with Gasteiger partial charge in [-0.1, -0.05) is 0 Å². The number of nitrogens with two attached hydrogens (primary N) is 1. The average Bonchev–Trinajstić information content (AvgIpc) is 2.37. The van der Waals surface area contributed by atoms with Gasteiger partial charge in [0.2, 0.25) is 0 Å². The van der Waals surface area contributed by atoms with Crippen molar-refractivity contribution >= 4 is 23.5 Å². The lowest BCUT2D eigenvalue weighted by Crippen LogP contribution is -2.44. The van der Waals surface area contributed by atoms with Crippen molar-refractivity contribution in [1.29, 1.82) is 0 Å². The van der Waals surface area contributed by atoms with Crippen molar-refractivity contribution in [3.63, 3.8) is 0 Å². The van der Waals surface area contributed by atoms with Crippen molar-refractivity contribution in [3.05, 3.63) is 0 Å². The van der Waals surface area contributed by atoms with Crippen molar-refractivity contribution in [1.82, 2.24) is 4.90 Å². The van der Waals surface area contributed by atoms with E-state index in [0.717, 1.165) is 12.8 Å². The van der Waals surface area contributed by atoms with Crippen LogP contribution in [0.4, 0.5) is 4.79 Å². The van der Waals surface area contributed by atoms with Crippen LogP contribution in [0.1, 0.15) is 40.5 Å². The van der Waals surface area contributed by atoms with Crippen LogP contribution in [-0.4, -0.2) is 58.2 Å². The summed E-state index contributed by atoms with van der Waals surface area (Å²) in [4.78, 5) is 29.0. The number of ether oxygens (including phenoxy) is 1. The number of hydrogen-bond donors (Lipinski definition) is 2. The van der Waals surface area contributed by atoms with Gasteiger partial charge in [0, 0.05) is 13.1 Å². The standard InChI is InChI=1S/C14H24N4O4/c1-9(11(17-15)12(19)20)16-10-6-5-7-18(8-10)13(21)22-14(2,3)4/h10H,5-8,15H2,1-4H3,(H,19,20)/b16-9?,17-11+/t10-/m1/s1. The molecule has 8 nitrogen and oxygen atoms in total. The zero-order valence-corrected chi connectivity index (χ0v) is 13.5. The predicted octanol–water partition coefficient (Wildman–Crippen LogP) is 1.25. The number of hydrogen-bond acceptors (Lipinski definition) is 6. The maximum atomic E-state index is 12.1. The first kappa shape index (κ1) is 17.9. The molecule has 1 saturated heterocycles. The molecule has 0 unspecified atom stereocenters. The van der Waals surface area contributed by atoms with Crippen LogP contribution in [0.5, 0.6) is 0 Å². The molecule has 0 saturated carbocycles. The third-order valence-electron chi connectivity index (χ3n) is 3.10. The molecule has 0 bridgehead atoms. The Kier molecular flexibility index (Phi) is 5.90. The Balaban J connectivity index is 2.75. The molecule has 1 fully saturated rings. The minimum atomic E-state index is -1.22. The van der Waals surface area contributed by atoms with E-state index in [1.54, 1.807) is 11.8 Å². The number of hydrazone groups is 1. The second kappa shape index (κ2) is 7.24. The molecule has 22 heavy (non-hydrogen) atoms. The van der Waals surface area contributed by atoms with Crippen molar-refractivity contribution < 1.29 is 19.4 Å². The van der Waals surface area contributed by atoms with E-state index in [-0.39, 0.29) is 23.6 Å². The summed E-state index contributed by atoms with van der Waals surface area (Å²) < 4.78 is 5.34. The van der Waals surface area contributed by atoms with E-state index >= 15 is 0 Å². The summed E-state index contributed by atoms with van der Waals surface area (Å²) in [5.74, 6) is 3.85. The van der Waals surface area contributed by atoms with E-state index in [2.05, 4.69) is 10.1 Å². The van der Waals surface area contributed by atoms with Gasteiger partial charge in [0.25, 0.3) is 0 Å². The summed E-state index contributed by atoms with van der Waals surface area (Å²) in [7, 11) is 0. The Labute approximate surface area is 130 Å². The second-order valence-corrected chi connectivity index (χ2v) is 6.22. The summed E-state index contributed by atoms with van der Waals surface area (Å²) in [6, 6.07) is -0.183. The average molecular weight is 312 g/mol. The number of carbonyl (C=O) groups is 2. The van der Waals surface area contributed by atoms with E-state index in [4.69, 9.17) is 15.7 Å². The molecule has 1 amide bonds. The summed E-state index contributed by atoms with van der Waals surface area (Å²) in [5, 5.41) is 12.2. The molecule has 1 heterocycles. The van der Waals surface area contributed by atoms with E-state index in [9.17, 15) is 9.59 Å². The number of amides is 1. The number of aliphatic carboxylic acids is 1. The van der Waals surface area contributed by atoms with Crippen LogP contribution in [0.2, 0.25) is 0 Å². The molecular weight excluding hydrogens is 288 g/mol. The van der Waals surface area contributed by atoms with Crippen LogP contribution in [0.15, 0.2) is 10.1 Å². The Hall–Kier alpha value is -2.12. The Morgan fingerprint density at radius 3 is 2.50 bits per heavy atom. The number of carbonyl (C=O) groups excluding carboxylic acids is 1. The molecule has 0 aromatic rings. The molecule has 8 heteroatoms. The van der Waals surface area contributed by atoms with Crippen LogP contribution in [-0.2, 0) is 9.53 Å². The van der Waals surface area contributed by atoms with E-state index in [1.807, 2.05) is 20.8 Å². The SMILES string of the molecule is CC(=N[C@@H]1CCCN(C(=O)OC(C)(C)C)C1)/C(=N\N)C(=O)O. The fourth-order valence-corrected chi connectivity index (χ4v) is 2.19. The molecule has 3 N–H and O–H groups in total. The lowest BCUT2D eigenvalue weighted by atomic mass is 10.1. The van der Waals surface area contributed by atoms with E-state index < -0.39 is 11.6 Å². The van der Waals surface area contributed by atoms with Crippen LogP contribution in [0.3, 0.4) is 0 Å². The molecule has 1 aliphatic heterocycles. The van der Waals surface area contributed by atoms with Gasteiger partial charge in [0.05, 0.1) is 11.8 Å². The van der Waals surface area contributed by atoms with Crippen LogP contribution < -0.4 is 5.84 Å².